The molecule has 1 heterocycles. The van der Waals surface area contributed by atoms with Crippen LogP contribution in [0.4, 0.5) is 5.69 Å². The summed E-state index contributed by atoms with van der Waals surface area (Å²) in [5.41, 5.74) is 8.23. The number of hydrogen-bond donors (Lipinski definition) is 1. The predicted molar refractivity (Wildman–Crippen MR) is 74.5 cm³/mol. The van der Waals surface area contributed by atoms with Gasteiger partial charge in [0.1, 0.15) is 0 Å². The van der Waals surface area contributed by atoms with Crippen LogP contribution in [0.15, 0.2) is 18.2 Å². The maximum atomic E-state index is 6.11. The molecule has 17 heavy (non-hydrogen) atoms. The van der Waals surface area contributed by atoms with E-state index in [4.69, 9.17) is 17.3 Å². The van der Waals surface area contributed by atoms with Gasteiger partial charge in [-0.3, -0.25) is 0 Å². The second-order valence-electron chi connectivity index (χ2n) is 5.03. The zero-order chi connectivity index (χ0) is 12.4. The van der Waals surface area contributed by atoms with Gasteiger partial charge in [-0.2, -0.15) is 0 Å². The van der Waals surface area contributed by atoms with Crippen LogP contribution in [-0.4, -0.2) is 12.6 Å². The monoisotopic (exact) mass is 252 g/mol. The van der Waals surface area contributed by atoms with Gasteiger partial charge < -0.3 is 10.6 Å². The lowest BCUT2D eigenvalue weighted by atomic mass is 9.91. The van der Waals surface area contributed by atoms with Crippen molar-refractivity contribution < 1.29 is 0 Å². The molecule has 0 bridgehead atoms. The summed E-state index contributed by atoms with van der Waals surface area (Å²) >= 11 is 6.11. The van der Waals surface area contributed by atoms with E-state index in [1.54, 1.807) is 0 Å². The van der Waals surface area contributed by atoms with Crippen LogP contribution >= 0.6 is 11.6 Å². The molecular formula is C14H21ClN2. The fourth-order valence-electron chi connectivity index (χ4n) is 2.65. The van der Waals surface area contributed by atoms with E-state index in [1.165, 1.54) is 24.1 Å². The molecule has 2 atom stereocenters. The van der Waals surface area contributed by atoms with Crippen molar-refractivity contribution in [1.82, 2.24) is 0 Å². The maximum absolute atomic E-state index is 6.11. The van der Waals surface area contributed by atoms with Gasteiger partial charge in [0.2, 0.25) is 0 Å². The highest BCUT2D eigenvalue weighted by Gasteiger charge is 2.26. The van der Waals surface area contributed by atoms with Crippen LogP contribution < -0.4 is 10.6 Å². The average Bonchev–Trinajstić information content (AvgIpc) is 2.33. The number of benzene rings is 1. The molecule has 2 unspecified atom stereocenters. The Kier molecular flexibility index (Phi) is 3.95. The van der Waals surface area contributed by atoms with E-state index in [9.17, 15) is 0 Å². The summed E-state index contributed by atoms with van der Waals surface area (Å²) in [7, 11) is 0. The Balaban J connectivity index is 2.34. The lowest BCUT2D eigenvalue weighted by molar-refractivity contribution is 0.363. The van der Waals surface area contributed by atoms with Gasteiger partial charge in [-0.25, -0.2) is 0 Å². The first-order valence-corrected chi connectivity index (χ1v) is 6.76. The van der Waals surface area contributed by atoms with Crippen molar-refractivity contribution >= 4 is 17.3 Å². The summed E-state index contributed by atoms with van der Waals surface area (Å²) in [6, 6.07) is 6.58. The molecule has 1 aliphatic heterocycles. The molecule has 3 heteroatoms. The lowest BCUT2D eigenvalue weighted by Gasteiger charge is -2.40. The van der Waals surface area contributed by atoms with Crippen molar-refractivity contribution in [3.05, 3.63) is 28.8 Å². The molecular weight excluding hydrogens is 232 g/mol. The number of anilines is 1. The average molecular weight is 253 g/mol. The Bertz CT molecular complexity index is 392. The molecule has 2 N–H and O–H groups in total. The second kappa shape index (κ2) is 5.28. The molecule has 0 aliphatic carbocycles. The van der Waals surface area contributed by atoms with Crippen LogP contribution in [0.2, 0.25) is 5.02 Å². The Hall–Kier alpha value is -0.730. The highest BCUT2D eigenvalue weighted by molar-refractivity contribution is 6.30. The summed E-state index contributed by atoms with van der Waals surface area (Å²) in [5, 5.41) is 0.794. The normalized spacial score (nSPS) is 25.1. The minimum Gasteiger partial charge on any atom is -0.368 e. The highest BCUT2D eigenvalue weighted by atomic mass is 35.5. The quantitative estimate of drug-likeness (QED) is 0.874. The van der Waals surface area contributed by atoms with Crippen LogP contribution in [0.25, 0.3) is 0 Å². The van der Waals surface area contributed by atoms with Crippen molar-refractivity contribution in [3.63, 3.8) is 0 Å². The van der Waals surface area contributed by atoms with Crippen LogP contribution in [0.3, 0.4) is 0 Å². The van der Waals surface area contributed by atoms with Gasteiger partial charge in [-0.1, -0.05) is 24.6 Å². The summed E-state index contributed by atoms with van der Waals surface area (Å²) in [5.74, 6) is 0.730. The fraction of sp³-hybridized carbons (Fsp3) is 0.571. The number of nitrogens with zero attached hydrogens (tertiary/aromatic N) is 1. The summed E-state index contributed by atoms with van der Waals surface area (Å²) in [4.78, 5) is 2.46. The van der Waals surface area contributed by atoms with E-state index >= 15 is 0 Å². The molecule has 2 rings (SSSR count). The predicted octanol–water partition coefficient (Wildman–Crippen LogP) is 3.42. The van der Waals surface area contributed by atoms with Gasteiger partial charge in [0.25, 0.3) is 0 Å². The molecule has 0 radical (unpaired) electrons. The first-order chi connectivity index (χ1) is 8.13. The Morgan fingerprint density at radius 3 is 2.88 bits per heavy atom. The van der Waals surface area contributed by atoms with Crippen LogP contribution in [-0.2, 0) is 6.54 Å². The first kappa shape index (κ1) is 12.7. The van der Waals surface area contributed by atoms with Gasteiger partial charge in [-0.15, -0.1) is 0 Å². The topological polar surface area (TPSA) is 29.3 Å². The van der Waals surface area contributed by atoms with Gasteiger partial charge in [-0.05, 0) is 43.4 Å². The number of nitrogens with two attached hydrogens (primary N) is 1. The van der Waals surface area contributed by atoms with E-state index in [0.717, 1.165) is 17.5 Å². The van der Waals surface area contributed by atoms with Crippen molar-refractivity contribution in [2.45, 2.75) is 39.3 Å². The van der Waals surface area contributed by atoms with E-state index in [0.29, 0.717) is 12.6 Å². The van der Waals surface area contributed by atoms with E-state index in [-0.39, 0.29) is 0 Å². The van der Waals surface area contributed by atoms with Gasteiger partial charge in [0.05, 0.1) is 0 Å². The molecule has 1 saturated heterocycles. The summed E-state index contributed by atoms with van der Waals surface area (Å²) in [6.07, 6.45) is 2.57. The van der Waals surface area contributed by atoms with E-state index < -0.39 is 0 Å². The number of piperidine rings is 1. The minimum atomic E-state index is 0.563. The van der Waals surface area contributed by atoms with Gasteiger partial charge in [0, 0.05) is 29.8 Å². The van der Waals surface area contributed by atoms with Crippen molar-refractivity contribution in [3.8, 4) is 0 Å². The van der Waals surface area contributed by atoms with E-state index in [1.807, 2.05) is 12.1 Å². The van der Waals surface area contributed by atoms with E-state index in [2.05, 4.69) is 24.8 Å². The fourth-order valence-corrected chi connectivity index (χ4v) is 2.82. The molecule has 0 aromatic heterocycles. The maximum Gasteiger partial charge on any atom is 0.0429 e. The van der Waals surface area contributed by atoms with Crippen LogP contribution in [0, 0.1) is 5.92 Å². The Labute approximate surface area is 109 Å². The number of hydrogen-bond acceptors (Lipinski definition) is 2. The molecule has 1 aliphatic rings. The first-order valence-electron chi connectivity index (χ1n) is 6.38. The third-order valence-electron chi connectivity index (χ3n) is 3.95. The largest absolute Gasteiger partial charge is 0.368 e. The molecule has 1 fully saturated rings. The molecule has 0 spiro atoms. The molecule has 1 aromatic carbocycles. The smallest absolute Gasteiger partial charge is 0.0429 e. The lowest BCUT2D eigenvalue weighted by Crippen LogP contribution is -2.43. The van der Waals surface area contributed by atoms with Crippen molar-refractivity contribution in [2.24, 2.45) is 11.7 Å². The molecule has 94 valence electrons. The molecule has 2 nitrogen and oxygen atoms in total. The zero-order valence-electron chi connectivity index (χ0n) is 10.6. The Morgan fingerprint density at radius 1 is 1.41 bits per heavy atom. The van der Waals surface area contributed by atoms with Gasteiger partial charge >= 0.3 is 0 Å². The molecule has 0 amide bonds. The van der Waals surface area contributed by atoms with Crippen molar-refractivity contribution in [1.29, 1.82) is 0 Å². The standard InChI is InChI=1S/C14H21ClN2/c1-10-4-3-7-17(11(10)2)14-8-13(15)6-5-12(14)9-16/h5-6,8,10-11H,3-4,7,9,16H2,1-2H3. The number of halogens is 1. The van der Waals surface area contributed by atoms with Crippen LogP contribution in [0.5, 0.6) is 0 Å². The van der Waals surface area contributed by atoms with Gasteiger partial charge in [0.15, 0.2) is 0 Å². The van der Waals surface area contributed by atoms with Crippen molar-refractivity contribution in [2.75, 3.05) is 11.4 Å². The zero-order valence-corrected chi connectivity index (χ0v) is 11.4. The summed E-state index contributed by atoms with van der Waals surface area (Å²) in [6.45, 7) is 6.30. The SMILES string of the molecule is CC1CCCN(c2cc(Cl)ccc2CN)C1C. The second-order valence-corrected chi connectivity index (χ2v) is 5.47. The minimum absolute atomic E-state index is 0.563. The van der Waals surface area contributed by atoms with Crippen LogP contribution in [0.1, 0.15) is 32.3 Å². The highest BCUT2D eigenvalue weighted by Crippen LogP contribution is 2.32. The third kappa shape index (κ3) is 2.58. The number of rotatable bonds is 2. The third-order valence-corrected chi connectivity index (χ3v) is 4.19. The Morgan fingerprint density at radius 2 is 2.18 bits per heavy atom. The molecule has 1 aromatic rings. The summed E-state index contributed by atoms with van der Waals surface area (Å²) < 4.78 is 0. The molecule has 0 saturated carbocycles.